The molecule has 3 nitrogen and oxygen atoms in total. The molecular weight excluding hydrogens is 270 g/mol. The number of amides is 1. The molecule has 1 fully saturated rings. The third kappa shape index (κ3) is 1.23. The van der Waals surface area contributed by atoms with Crippen molar-refractivity contribution in [1.29, 1.82) is 0 Å². The molecule has 2 aliphatic heterocycles. The zero-order valence-corrected chi connectivity index (χ0v) is 10.0. The summed E-state index contributed by atoms with van der Waals surface area (Å²) in [6.45, 7) is 0. The maximum Gasteiger partial charge on any atom is 0.243 e. The minimum absolute atomic E-state index is 0.0117. The summed E-state index contributed by atoms with van der Waals surface area (Å²) in [6.07, 6.45) is 11.8. The van der Waals surface area contributed by atoms with E-state index in [4.69, 9.17) is 4.74 Å². The number of carbonyl (C=O) groups is 1. The Morgan fingerprint density at radius 1 is 1.44 bits per heavy atom. The Balaban J connectivity index is 2.12. The van der Waals surface area contributed by atoms with Crippen LogP contribution in [0.25, 0.3) is 0 Å². The molecule has 1 unspecified atom stereocenters. The van der Waals surface area contributed by atoms with Gasteiger partial charge in [-0.05, 0) is 30.2 Å². The van der Waals surface area contributed by atoms with Gasteiger partial charge >= 0.3 is 0 Å². The lowest BCUT2D eigenvalue weighted by molar-refractivity contribution is -0.123. The third-order valence-corrected chi connectivity index (χ3v) is 3.71. The average molecular weight is 280 g/mol. The molecule has 16 heavy (non-hydrogen) atoms. The molecule has 1 spiro atoms. The second kappa shape index (κ2) is 3.35. The van der Waals surface area contributed by atoms with E-state index in [2.05, 4.69) is 27.3 Å². The first kappa shape index (κ1) is 9.90. The van der Waals surface area contributed by atoms with Crippen LogP contribution in [0.2, 0.25) is 0 Å². The number of fused-ring (bicyclic) bond motifs is 2. The van der Waals surface area contributed by atoms with Crippen LogP contribution in [-0.2, 0) is 9.53 Å². The maximum absolute atomic E-state index is 12.1. The molecular formula is C12H10BrNO2. The summed E-state index contributed by atoms with van der Waals surface area (Å²) >= 11 is 3.52. The van der Waals surface area contributed by atoms with Crippen LogP contribution in [0.1, 0.15) is 6.42 Å². The highest BCUT2D eigenvalue weighted by Crippen LogP contribution is 2.44. The number of halogens is 1. The molecule has 0 saturated carbocycles. The predicted molar refractivity (Wildman–Crippen MR) is 63.4 cm³/mol. The Kier molecular flexibility index (Phi) is 2.07. The Bertz CT molecular complexity index is 461. The smallest absolute Gasteiger partial charge is 0.243 e. The lowest BCUT2D eigenvalue weighted by atomic mass is 9.79. The molecule has 82 valence electrons. The summed E-state index contributed by atoms with van der Waals surface area (Å²) in [7, 11) is 0. The van der Waals surface area contributed by atoms with Crippen LogP contribution >= 0.6 is 15.9 Å². The van der Waals surface area contributed by atoms with Crippen molar-refractivity contribution in [3.05, 3.63) is 48.1 Å². The summed E-state index contributed by atoms with van der Waals surface area (Å²) in [5.74, 6) is -0.0117. The highest BCUT2D eigenvalue weighted by Gasteiger charge is 2.47. The van der Waals surface area contributed by atoms with Crippen molar-refractivity contribution in [2.45, 2.75) is 11.2 Å². The number of rotatable bonds is 0. The van der Waals surface area contributed by atoms with Gasteiger partial charge in [-0.1, -0.05) is 22.0 Å². The average Bonchev–Trinajstić information content (AvgIpc) is 2.53. The van der Waals surface area contributed by atoms with Gasteiger partial charge in [-0.15, -0.1) is 0 Å². The number of ether oxygens (including phenoxy) is 1. The van der Waals surface area contributed by atoms with Gasteiger partial charge in [0.25, 0.3) is 0 Å². The quantitative estimate of drug-likeness (QED) is 0.690. The van der Waals surface area contributed by atoms with E-state index in [-0.39, 0.29) is 5.91 Å². The van der Waals surface area contributed by atoms with Gasteiger partial charge < -0.3 is 10.1 Å². The second-order valence-electron chi connectivity index (χ2n) is 4.01. The summed E-state index contributed by atoms with van der Waals surface area (Å²) < 4.78 is 5.01. The Hall–Kier alpha value is -1.29. The monoisotopic (exact) mass is 279 g/mol. The zero-order valence-electron chi connectivity index (χ0n) is 8.44. The van der Waals surface area contributed by atoms with Gasteiger partial charge in [0, 0.05) is 10.5 Å². The third-order valence-electron chi connectivity index (χ3n) is 3.07. The van der Waals surface area contributed by atoms with Crippen LogP contribution in [0.5, 0.6) is 0 Å². The summed E-state index contributed by atoms with van der Waals surface area (Å²) in [4.78, 5) is 12.4. The van der Waals surface area contributed by atoms with Crippen molar-refractivity contribution < 1.29 is 9.53 Å². The van der Waals surface area contributed by atoms with Gasteiger partial charge in [-0.3, -0.25) is 4.79 Å². The minimum atomic E-state index is -0.656. The fourth-order valence-electron chi connectivity index (χ4n) is 2.25. The molecule has 1 amide bonds. The molecule has 0 aromatic rings. The van der Waals surface area contributed by atoms with Crippen molar-refractivity contribution >= 4 is 21.8 Å². The Morgan fingerprint density at radius 3 is 2.94 bits per heavy atom. The lowest BCUT2D eigenvalue weighted by Gasteiger charge is -2.23. The first-order valence-corrected chi connectivity index (χ1v) is 6.03. The van der Waals surface area contributed by atoms with Crippen molar-refractivity contribution in [2.75, 3.05) is 0 Å². The first-order chi connectivity index (χ1) is 7.72. The van der Waals surface area contributed by atoms with Gasteiger partial charge in [-0.2, -0.15) is 0 Å². The molecule has 0 radical (unpaired) electrons. The first-order valence-electron chi connectivity index (χ1n) is 5.11. The Morgan fingerprint density at radius 2 is 2.19 bits per heavy atom. The molecule has 4 heteroatoms. The predicted octanol–water partition coefficient (Wildman–Crippen LogP) is 2.14. The highest BCUT2D eigenvalue weighted by atomic mass is 79.9. The van der Waals surface area contributed by atoms with Crippen LogP contribution in [0.3, 0.4) is 0 Å². The van der Waals surface area contributed by atoms with E-state index in [0.29, 0.717) is 4.83 Å². The fraction of sp³-hybridized carbons (Fsp3) is 0.250. The van der Waals surface area contributed by atoms with Gasteiger partial charge in [0.1, 0.15) is 5.41 Å². The van der Waals surface area contributed by atoms with Crippen LogP contribution in [0, 0.1) is 5.41 Å². The van der Waals surface area contributed by atoms with Crippen LogP contribution in [0.15, 0.2) is 48.1 Å². The van der Waals surface area contributed by atoms with Crippen molar-refractivity contribution in [3.8, 4) is 0 Å². The van der Waals surface area contributed by atoms with E-state index in [1.54, 1.807) is 24.7 Å². The molecule has 0 bridgehead atoms. The molecule has 1 aliphatic carbocycles. The molecule has 3 aliphatic rings. The second-order valence-corrected chi connectivity index (χ2v) is 5.19. The number of hydrogen-bond donors (Lipinski definition) is 1. The summed E-state index contributed by atoms with van der Waals surface area (Å²) in [6, 6.07) is 0. The highest BCUT2D eigenvalue weighted by molar-refractivity contribution is 9.09. The van der Waals surface area contributed by atoms with Gasteiger partial charge in [0.2, 0.25) is 5.91 Å². The number of nitrogens with one attached hydrogen (secondary N) is 1. The number of allylic oxidation sites excluding steroid dienone is 3. The summed E-state index contributed by atoms with van der Waals surface area (Å²) in [5, 5.41) is 2.91. The van der Waals surface area contributed by atoms with E-state index < -0.39 is 5.41 Å². The molecule has 1 atom stereocenters. The maximum atomic E-state index is 12.1. The van der Waals surface area contributed by atoms with E-state index in [0.717, 1.165) is 17.7 Å². The van der Waals surface area contributed by atoms with Crippen LogP contribution < -0.4 is 5.32 Å². The Labute approximate surface area is 102 Å². The largest absolute Gasteiger partial charge is 0.473 e. The number of carbonyl (C=O) groups excluding carboxylic acids is 1. The number of hydrogen-bond acceptors (Lipinski definition) is 2. The van der Waals surface area contributed by atoms with Crippen LogP contribution in [0.4, 0.5) is 0 Å². The minimum Gasteiger partial charge on any atom is -0.473 e. The zero-order chi connectivity index (χ0) is 11.2. The van der Waals surface area contributed by atoms with E-state index in [1.165, 1.54) is 0 Å². The van der Waals surface area contributed by atoms with E-state index in [1.807, 2.05) is 6.08 Å². The van der Waals surface area contributed by atoms with Gasteiger partial charge in [0.05, 0.1) is 12.5 Å². The van der Waals surface area contributed by atoms with Crippen molar-refractivity contribution in [1.82, 2.24) is 5.32 Å². The molecule has 2 heterocycles. The van der Waals surface area contributed by atoms with Crippen molar-refractivity contribution in [2.24, 2.45) is 5.41 Å². The van der Waals surface area contributed by atoms with Gasteiger partial charge in [0.15, 0.2) is 0 Å². The molecule has 1 saturated heterocycles. The molecule has 3 rings (SSSR count). The normalized spacial score (nSPS) is 29.3. The standard InChI is InChI=1S/C12H10BrNO2/c13-8-1-2-9-10(7-8)14-11(15)12(9)3-5-16-6-4-12/h2-8H,1H2,(H,14,15). The summed E-state index contributed by atoms with van der Waals surface area (Å²) in [5.41, 5.74) is 1.29. The van der Waals surface area contributed by atoms with Crippen molar-refractivity contribution in [3.63, 3.8) is 0 Å². The lowest BCUT2D eigenvalue weighted by Crippen LogP contribution is -2.29. The molecule has 0 aromatic heterocycles. The fourth-order valence-corrected chi connectivity index (χ4v) is 2.70. The number of alkyl halides is 1. The molecule has 1 N–H and O–H groups in total. The van der Waals surface area contributed by atoms with E-state index in [9.17, 15) is 4.79 Å². The molecule has 0 aromatic carbocycles. The van der Waals surface area contributed by atoms with Crippen LogP contribution in [-0.4, -0.2) is 10.7 Å². The SMILES string of the molecule is O=C1NC2=CC(Br)CC=C2C12C=COC=C2. The van der Waals surface area contributed by atoms with E-state index >= 15 is 0 Å². The van der Waals surface area contributed by atoms with Gasteiger partial charge in [-0.25, -0.2) is 0 Å². The topological polar surface area (TPSA) is 38.3 Å².